The number of carbonyl (C=O) groups is 1. The zero-order chi connectivity index (χ0) is 18.9. The normalized spacial score (nSPS) is 19.4. The smallest absolute Gasteiger partial charge is 0.337 e. The van der Waals surface area contributed by atoms with Crippen LogP contribution in [0.5, 0.6) is 0 Å². The summed E-state index contributed by atoms with van der Waals surface area (Å²) in [4.78, 5) is 14.4. The lowest BCUT2D eigenvalue weighted by molar-refractivity contribution is -0.137. The molecule has 0 bridgehead atoms. The number of likely N-dealkylation sites (tertiary alicyclic amines) is 1. The Morgan fingerprint density at radius 2 is 2.12 bits per heavy atom. The summed E-state index contributed by atoms with van der Waals surface area (Å²) < 4.78 is 39.9. The Hall–Kier alpha value is -2.35. The van der Waals surface area contributed by atoms with Crippen LogP contribution < -0.4 is 5.73 Å². The van der Waals surface area contributed by atoms with Crippen molar-refractivity contribution in [3.63, 3.8) is 0 Å². The van der Waals surface area contributed by atoms with Crippen molar-refractivity contribution >= 4 is 5.91 Å². The number of aromatic nitrogens is 2. The summed E-state index contributed by atoms with van der Waals surface area (Å²) in [6.45, 7) is 3.15. The van der Waals surface area contributed by atoms with E-state index in [1.165, 1.54) is 29.1 Å². The third-order valence-electron chi connectivity index (χ3n) is 4.73. The molecule has 5 nitrogen and oxygen atoms in total. The predicted octanol–water partition coefficient (Wildman–Crippen LogP) is 3.09. The van der Waals surface area contributed by atoms with E-state index in [-0.39, 0.29) is 29.2 Å². The van der Waals surface area contributed by atoms with Crippen molar-refractivity contribution < 1.29 is 18.0 Å². The minimum absolute atomic E-state index is 0.00765. The topological polar surface area (TPSA) is 64.2 Å². The fourth-order valence-electron chi connectivity index (χ4n) is 3.19. The van der Waals surface area contributed by atoms with Crippen molar-refractivity contribution in [2.45, 2.75) is 32.0 Å². The SMILES string of the molecule is C[C@H](N)[C@@H]1CCCN(C(=O)c2ccn(-c3cccc(C(F)(F)F)c3)n2)C1. The minimum atomic E-state index is -4.43. The minimum Gasteiger partial charge on any atom is -0.337 e. The molecule has 1 fully saturated rings. The molecule has 0 aliphatic carbocycles. The first-order chi connectivity index (χ1) is 12.3. The molecule has 2 atom stereocenters. The summed E-state index contributed by atoms with van der Waals surface area (Å²) in [5.74, 6) is 0.0272. The van der Waals surface area contributed by atoms with E-state index in [4.69, 9.17) is 5.73 Å². The van der Waals surface area contributed by atoms with Crippen molar-refractivity contribution in [2.75, 3.05) is 13.1 Å². The summed E-state index contributed by atoms with van der Waals surface area (Å²) >= 11 is 0. The largest absolute Gasteiger partial charge is 0.416 e. The molecule has 26 heavy (non-hydrogen) atoms. The number of amides is 1. The van der Waals surface area contributed by atoms with E-state index >= 15 is 0 Å². The fourth-order valence-corrected chi connectivity index (χ4v) is 3.19. The molecular weight excluding hydrogens is 345 g/mol. The van der Waals surface area contributed by atoms with Crippen LogP contribution in [0.25, 0.3) is 5.69 Å². The number of piperidine rings is 1. The maximum Gasteiger partial charge on any atom is 0.416 e. The Labute approximate surface area is 149 Å². The van der Waals surface area contributed by atoms with E-state index in [0.29, 0.717) is 13.1 Å². The van der Waals surface area contributed by atoms with Crippen LogP contribution >= 0.6 is 0 Å². The molecule has 1 aliphatic heterocycles. The van der Waals surface area contributed by atoms with E-state index in [9.17, 15) is 18.0 Å². The number of nitrogens with two attached hydrogens (primary N) is 1. The molecule has 2 aromatic rings. The van der Waals surface area contributed by atoms with Crippen LogP contribution in [0, 0.1) is 5.92 Å². The molecule has 1 saturated heterocycles. The second-order valence-corrected chi connectivity index (χ2v) is 6.71. The van der Waals surface area contributed by atoms with Gasteiger partial charge >= 0.3 is 6.18 Å². The Bertz CT molecular complexity index is 785. The maximum atomic E-state index is 12.9. The molecule has 2 heterocycles. The standard InChI is InChI=1S/C18H21F3N4O/c1-12(22)13-4-3-8-24(11-13)17(26)16-7-9-25(23-16)15-6-2-5-14(10-15)18(19,20)21/h2,5-7,9-10,12-13H,3-4,8,11,22H2,1H3/t12-,13+/m0/s1. The zero-order valence-electron chi connectivity index (χ0n) is 14.4. The van der Waals surface area contributed by atoms with Gasteiger partial charge in [-0.25, -0.2) is 4.68 Å². The molecule has 1 aliphatic rings. The lowest BCUT2D eigenvalue weighted by Crippen LogP contribution is -2.45. The number of rotatable bonds is 3. The van der Waals surface area contributed by atoms with E-state index < -0.39 is 11.7 Å². The van der Waals surface area contributed by atoms with Gasteiger partial charge in [-0.15, -0.1) is 0 Å². The third-order valence-corrected chi connectivity index (χ3v) is 4.73. The Morgan fingerprint density at radius 1 is 1.35 bits per heavy atom. The Kier molecular flexibility index (Phi) is 5.04. The number of halogens is 3. The van der Waals surface area contributed by atoms with Gasteiger partial charge < -0.3 is 10.6 Å². The molecule has 1 amide bonds. The van der Waals surface area contributed by atoms with Gasteiger partial charge in [-0.1, -0.05) is 6.07 Å². The van der Waals surface area contributed by atoms with Gasteiger partial charge in [-0.3, -0.25) is 4.79 Å². The van der Waals surface area contributed by atoms with Crippen LogP contribution in [0.15, 0.2) is 36.5 Å². The third kappa shape index (κ3) is 3.90. The van der Waals surface area contributed by atoms with Crippen LogP contribution in [0.2, 0.25) is 0 Å². The first-order valence-electron chi connectivity index (χ1n) is 8.54. The number of carbonyl (C=O) groups excluding carboxylic acids is 1. The van der Waals surface area contributed by atoms with Gasteiger partial charge in [0.1, 0.15) is 0 Å². The summed E-state index contributed by atoms with van der Waals surface area (Å²) in [6.07, 6.45) is -1.06. The highest BCUT2D eigenvalue weighted by atomic mass is 19.4. The number of benzene rings is 1. The first kappa shape index (κ1) is 18.4. The summed E-state index contributed by atoms with van der Waals surface area (Å²) in [7, 11) is 0. The monoisotopic (exact) mass is 366 g/mol. The van der Waals surface area contributed by atoms with Crippen LogP contribution in [0.1, 0.15) is 35.8 Å². The molecule has 8 heteroatoms. The van der Waals surface area contributed by atoms with Gasteiger partial charge in [-0.2, -0.15) is 18.3 Å². The number of alkyl halides is 3. The van der Waals surface area contributed by atoms with Crippen molar-refractivity contribution in [1.29, 1.82) is 0 Å². The lowest BCUT2D eigenvalue weighted by Gasteiger charge is -2.34. The van der Waals surface area contributed by atoms with Crippen LogP contribution in [0.4, 0.5) is 13.2 Å². The van der Waals surface area contributed by atoms with Gasteiger partial charge in [0.2, 0.25) is 0 Å². The van der Waals surface area contributed by atoms with Gasteiger partial charge in [0.15, 0.2) is 5.69 Å². The quantitative estimate of drug-likeness (QED) is 0.908. The van der Waals surface area contributed by atoms with Gasteiger partial charge in [-0.05, 0) is 49.9 Å². The van der Waals surface area contributed by atoms with Gasteiger partial charge in [0.25, 0.3) is 5.91 Å². The summed E-state index contributed by atoms with van der Waals surface area (Å²) in [5, 5.41) is 4.18. The van der Waals surface area contributed by atoms with Crippen molar-refractivity contribution in [1.82, 2.24) is 14.7 Å². The van der Waals surface area contributed by atoms with Gasteiger partial charge in [0.05, 0.1) is 11.3 Å². The molecular formula is C18H21F3N4O. The number of hydrogen-bond acceptors (Lipinski definition) is 3. The van der Waals surface area contributed by atoms with Crippen LogP contribution in [-0.4, -0.2) is 39.7 Å². The van der Waals surface area contributed by atoms with E-state index in [1.807, 2.05) is 6.92 Å². The number of hydrogen-bond donors (Lipinski definition) is 1. The molecule has 0 spiro atoms. The molecule has 2 N–H and O–H groups in total. The van der Waals surface area contributed by atoms with Crippen LogP contribution in [-0.2, 0) is 6.18 Å². The molecule has 140 valence electrons. The maximum absolute atomic E-state index is 12.9. The average molecular weight is 366 g/mol. The fraction of sp³-hybridized carbons (Fsp3) is 0.444. The highest BCUT2D eigenvalue weighted by Gasteiger charge is 2.31. The zero-order valence-corrected chi connectivity index (χ0v) is 14.4. The highest BCUT2D eigenvalue weighted by molar-refractivity contribution is 5.92. The summed E-state index contributed by atoms with van der Waals surface area (Å²) in [5.41, 5.74) is 5.66. The average Bonchev–Trinajstić information content (AvgIpc) is 3.10. The van der Waals surface area contributed by atoms with Crippen molar-refractivity contribution in [3.8, 4) is 5.69 Å². The molecule has 0 radical (unpaired) electrons. The molecule has 0 saturated carbocycles. The lowest BCUT2D eigenvalue weighted by atomic mass is 9.92. The molecule has 0 unspecified atom stereocenters. The van der Waals surface area contributed by atoms with E-state index in [1.54, 1.807) is 4.90 Å². The second kappa shape index (κ2) is 7.11. The van der Waals surface area contributed by atoms with Crippen molar-refractivity contribution in [2.24, 2.45) is 11.7 Å². The van der Waals surface area contributed by atoms with Gasteiger partial charge in [0, 0.05) is 25.3 Å². The van der Waals surface area contributed by atoms with Crippen LogP contribution in [0.3, 0.4) is 0 Å². The Morgan fingerprint density at radius 3 is 2.81 bits per heavy atom. The molecule has 3 rings (SSSR count). The van der Waals surface area contributed by atoms with E-state index in [2.05, 4.69) is 5.10 Å². The number of nitrogens with zero attached hydrogens (tertiary/aromatic N) is 3. The predicted molar refractivity (Wildman–Crippen MR) is 90.8 cm³/mol. The summed E-state index contributed by atoms with van der Waals surface area (Å²) in [6, 6.07) is 6.38. The first-order valence-corrected chi connectivity index (χ1v) is 8.54. The molecule has 1 aromatic carbocycles. The van der Waals surface area contributed by atoms with E-state index in [0.717, 1.165) is 25.0 Å². The Balaban J connectivity index is 1.78. The highest BCUT2D eigenvalue weighted by Crippen LogP contribution is 2.30. The second-order valence-electron chi connectivity index (χ2n) is 6.71. The molecule has 1 aromatic heterocycles. The van der Waals surface area contributed by atoms with Crippen molar-refractivity contribution in [3.05, 3.63) is 47.8 Å².